The molecule has 1 atom stereocenters. The van der Waals surface area contributed by atoms with E-state index >= 15 is 0 Å². The zero-order valence-electron chi connectivity index (χ0n) is 10.7. The first-order chi connectivity index (χ1) is 9.42. The van der Waals surface area contributed by atoms with E-state index in [1.54, 1.807) is 6.92 Å². The first-order valence-corrected chi connectivity index (χ1v) is 7.67. The highest BCUT2D eigenvalue weighted by molar-refractivity contribution is 7.10. The smallest absolute Gasteiger partial charge is 0.234 e. The second-order valence-corrected chi connectivity index (χ2v) is 7.40. The lowest BCUT2D eigenvalue weighted by Gasteiger charge is -2.10. The SMILES string of the molecule is C[C@@]1(C(=O)Nc2cc(-c3ccccc3)ns2)CC1(Cl)Cl. The molecule has 1 aromatic heterocycles. The number of nitrogens with zero attached hydrogens (tertiary/aromatic N) is 1. The van der Waals surface area contributed by atoms with Crippen LogP contribution in [0.3, 0.4) is 0 Å². The lowest BCUT2D eigenvalue weighted by molar-refractivity contribution is -0.120. The normalized spacial score (nSPS) is 23.4. The molecule has 1 saturated carbocycles. The average molecular weight is 327 g/mol. The van der Waals surface area contributed by atoms with E-state index in [2.05, 4.69) is 9.69 Å². The van der Waals surface area contributed by atoms with E-state index in [0.717, 1.165) is 11.3 Å². The maximum absolute atomic E-state index is 12.2. The molecule has 104 valence electrons. The van der Waals surface area contributed by atoms with Crippen LogP contribution < -0.4 is 5.32 Å². The van der Waals surface area contributed by atoms with Gasteiger partial charge in [-0.3, -0.25) is 4.79 Å². The third-order valence-corrected chi connectivity index (χ3v) is 5.38. The Bertz CT molecular complexity index is 656. The summed E-state index contributed by atoms with van der Waals surface area (Å²) >= 11 is 13.3. The molecule has 1 N–H and O–H groups in total. The number of hydrogen-bond donors (Lipinski definition) is 1. The first kappa shape index (κ1) is 13.9. The Morgan fingerprint density at radius 2 is 2.00 bits per heavy atom. The van der Waals surface area contributed by atoms with E-state index in [1.807, 2.05) is 36.4 Å². The molecule has 1 aliphatic carbocycles. The number of nitrogens with one attached hydrogen (secondary N) is 1. The lowest BCUT2D eigenvalue weighted by Crippen LogP contribution is -2.25. The molecule has 2 aromatic rings. The zero-order valence-corrected chi connectivity index (χ0v) is 13.0. The van der Waals surface area contributed by atoms with Crippen LogP contribution in [0.25, 0.3) is 11.3 Å². The Kier molecular flexibility index (Phi) is 3.27. The van der Waals surface area contributed by atoms with E-state index in [1.165, 1.54) is 11.5 Å². The number of anilines is 1. The van der Waals surface area contributed by atoms with E-state index < -0.39 is 9.75 Å². The molecule has 20 heavy (non-hydrogen) atoms. The van der Waals surface area contributed by atoms with Gasteiger partial charge in [0.05, 0.1) is 11.1 Å². The summed E-state index contributed by atoms with van der Waals surface area (Å²) < 4.78 is 3.38. The van der Waals surface area contributed by atoms with Gasteiger partial charge in [0.25, 0.3) is 0 Å². The fourth-order valence-electron chi connectivity index (χ4n) is 1.98. The second-order valence-electron chi connectivity index (χ2n) is 5.11. The van der Waals surface area contributed by atoms with Gasteiger partial charge in [-0.2, -0.15) is 4.37 Å². The number of carbonyl (C=O) groups excluding carboxylic acids is 1. The van der Waals surface area contributed by atoms with E-state index in [4.69, 9.17) is 23.2 Å². The third-order valence-electron chi connectivity index (χ3n) is 3.58. The van der Waals surface area contributed by atoms with Crippen LogP contribution in [0.2, 0.25) is 0 Å². The number of aromatic nitrogens is 1. The van der Waals surface area contributed by atoms with Crippen molar-refractivity contribution in [1.29, 1.82) is 0 Å². The van der Waals surface area contributed by atoms with Crippen LogP contribution in [0, 0.1) is 5.41 Å². The van der Waals surface area contributed by atoms with Gasteiger partial charge in [-0.1, -0.05) is 30.3 Å². The van der Waals surface area contributed by atoms with Crippen molar-refractivity contribution in [3.63, 3.8) is 0 Å². The molecule has 3 rings (SSSR count). The van der Waals surface area contributed by atoms with Crippen LogP contribution in [0.4, 0.5) is 5.00 Å². The number of hydrogen-bond acceptors (Lipinski definition) is 3. The van der Waals surface area contributed by atoms with Crippen molar-refractivity contribution in [2.24, 2.45) is 5.41 Å². The molecule has 0 bridgehead atoms. The molecule has 1 heterocycles. The zero-order chi connectivity index (χ0) is 14.4. The van der Waals surface area contributed by atoms with Gasteiger partial charge >= 0.3 is 0 Å². The van der Waals surface area contributed by atoms with Crippen molar-refractivity contribution in [2.45, 2.75) is 17.7 Å². The van der Waals surface area contributed by atoms with Crippen molar-refractivity contribution in [3.8, 4) is 11.3 Å². The van der Waals surface area contributed by atoms with Crippen molar-refractivity contribution in [2.75, 3.05) is 5.32 Å². The number of benzene rings is 1. The summed E-state index contributed by atoms with van der Waals surface area (Å²) in [5, 5.41) is 3.54. The molecule has 1 fully saturated rings. The molecular weight excluding hydrogens is 315 g/mol. The van der Waals surface area contributed by atoms with Gasteiger partial charge in [-0.15, -0.1) is 23.2 Å². The van der Waals surface area contributed by atoms with Gasteiger partial charge in [-0.05, 0) is 24.9 Å². The highest BCUT2D eigenvalue weighted by Gasteiger charge is 2.67. The summed E-state index contributed by atoms with van der Waals surface area (Å²) in [4.78, 5) is 12.2. The van der Waals surface area contributed by atoms with Gasteiger partial charge in [-0.25, -0.2) is 0 Å². The van der Waals surface area contributed by atoms with Gasteiger partial charge in [0.15, 0.2) is 0 Å². The molecule has 0 aliphatic heterocycles. The molecule has 1 aromatic carbocycles. The molecule has 0 unspecified atom stereocenters. The fourth-order valence-corrected chi connectivity index (χ4v) is 3.34. The molecule has 6 heteroatoms. The van der Waals surface area contributed by atoms with Crippen LogP contribution >= 0.6 is 34.7 Å². The predicted molar refractivity (Wildman–Crippen MR) is 83.3 cm³/mol. The lowest BCUT2D eigenvalue weighted by atomic mass is 10.1. The molecule has 0 saturated heterocycles. The quantitative estimate of drug-likeness (QED) is 0.853. The number of halogens is 2. The predicted octanol–water partition coefficient (Wildman–Crippen LogP) is 4.33. The first-order valence-electron chi connectivity index (χ1n) is 6.14. The standard InChI is InChI=1S/C14H12Cl2N2OS/c1-13(8-14(13,15)16)12(19)17-11-7-10(18-20-11)9-5-3-2-4-6-9/h2-7H,8H2,1H3,(H,17,19)/t13-/m0/s1. The maximum Gasteiger partial charge on any atom is 0.234 e. The molecular formula is C14H12Cl2N2OS. The van der Waals surface area contributed by atoms with Crippen molar-refractivity contribution in [1.82, 2.24) is 4.37 Å². The molecule has 3 nitrogen and oxygen atoms in total. The van der Waals surface area contributed by atoms with E-state index in [0.29, 0.717) is 11.4 Å². The summed E-state index contributed by atoms with van der Waals surface area (Å²) in [7, 11) is 0. The van der Waals surface area contributed by atoms with Gasteiger partial charge in [0.1, 0.15) is 9.33 Å². The number of amides is 1. The van der Waals surface area contributed by atoms with E-state index in [9.17, 15) is 4.79 Å². The molecule has 0 radical (unpaired) electrons. The monoisotopic (exact) mass is 326 g/mol. The summed E-state index contributed by atoms with van der Waals surface area (Å²) in [5.41, 5.74) is 1.15. The highest BCUT2D eigenvalue weighted by atomic mass is 35.5. The van der Waals surface area contributed by atoms with Crippen molar-refractivity contribution < 1.29 is 4.79 Å². The van der Waals surface area contributed by atoms with Gasteiger partial charge in [0.2, 0.25) is 5.91 Å². The van der Waals surface area contributed by atoms with Crippen LogP contribution in [0.1, 0.15) is 13.3 Å². The minimum Gasteiger partial charge on any atom is -0.316 e. The minimum absolute atomic E-state index is 0.161. The Morgan fingerprint density at radius 1 is 1.35 bits per heavy atom. The Balaban J connectivity index is 1.74. The largest absolute Gasteiger partial charge is 0.316 e. The summed E-state index contributed by atoms with van der Waals surface area (Å²) in [6.07, 6.45) is 0.472. The molecule has 0 spiro atoms. The maximum atomic E-state index is 12.2. The fraction of sp³-hybridized carbons (Fsp3) is 0.286. The van der Waals surface area contributed by atoms with Crippen LogP contribution in [-0.4, -0.2) is 14.6 Å². The van der Waals surface area contributed by atoms with Crippen LogP contribution in [0.5, 0.6) is 0 Å². The van der Waals surface area contributed by atoms with Gasteiger partial charge in [0, 0.05) is 11.6 Å². The van der Waals surface area contributed by atoms with Crippen molar-refractivity contribution >= 4 is 45.6 Å². The Hall–Kier alpha value is -1.10. The summed E-state index contributed by atoms with van der Waals surface area (Å²) in [5.74, 6) is -0.161. The Morgan fingerprint density at radius 3 is 2.60 bits per heavy atom. The number of alkyl halides is 2. The average Bonchev–Trinajstić information content (AvgIpc) is 2.78. The summed E-state index contributed by atoms with van der Waals surface area (Å²) in [6, 6.07) is 11.7. The topological polar surface area (TPSA) is 42.0 Å². The minimum atomic E-state index is -0.954. The summed E-state index contributed by atoms with van der Waals surface area (Å²) in [6.45, 7) is 1.77. The Labute approximate surface area is 131 Å². The van der Waals surface area contributed by atoms with Crippen LogP contribution in [0.15, 0.2) is 36.4 Å². The van der Waals surface area contributed by atoms with Gasteiger partial charge < -0.3 is 5.32 Å². The van der Waals surface area contributed by atoms with E-state index in [-0.39, 0.29) is 5.91 Å². The number of rotatable bonds is 3. The molecule has 1 aliphatic rings. The number of carbonyl (C=O) groups is 1. The van der Waals surface area contributed by atoms with Crippen LogP contribution in [-0.2, 0) is 4.79 Å². The van der Waals surface area contributed by atoms with Crippen molar-refractivity contribution in [3.05, 3.63) is 36.4 Å². The second kappa shape index (κ2) is 4.72. The highest BCUT2D eigenvalue weighted by Crippen LogP contribution is 2.64. The third kappa shape index (κ3) is 2.32. The molecule has 1 amide bonds.